The molecular weight excluding hydrogens is 456 g/mol. The van der Waals surface area contributed by atoms with E-state index in [1.165, 1.54) is 12.0 Å². The van der Waals surface area contributed by atoms with Crippen LogP contribution in [0.3, 0.4) is 0 Å². The number of benzene rings is 2. The summed E-state index contributed by atoms with van der Waals surface area (Å²) < 4.78 is 21.6. The normalized spacial score (nSPS) is 12.3. The Kier molecular flexibility index (Phi) is 10.7. The van der Waals surface area contributed by atoms with Gasteiger partial charge in [-0.05, 0) is 72.1 Å². The van der Waals surface area contributed by atoms with Crippen molar-refractivity contribution >= 4 is 20.8 Å². The van der Waals surface area contributed by atoms with Crippen LogP contribution >= 0.6 is 12.0 Å². The van der Waals surface area contributed by atoms with Gasteiger partial charge in [0, 0.05) is 38.5 Å². The minimum Gasteiger partial charge on any atom is -0.508 e. The van der Waals surface area contributed by atoms with Gasteiger partial charge < -0.3 is 27.7 Å². The highest BCUT2D eigenvalue weighted by Gasteiger charge is 2.37. The van der Waals surface area contributed by atoms with E-state index < -0.39 is 8.80 Å². The first-order valence-electron chi connectivity index (χ1n) is 11.2. The molecule has 0 amide bonds. The van der Waals surface area contributed by atoms with Gasteiger partial charge in [0.1, 0.15) is 11.5 Å². The van der Waals surface area contributed by atoms with Gasteiger partial charge in [0.25, 0.3) is 0 Å². The first-order valence-corrected chi connectivity index (χ1v) is 14.0. The third kappa shape index (κ3) is 7.21. The van der Waals surface area contributed by atoms with Gasteiger partial charge in [0.2, 0.25) is 0 Å². The molecule has 0 heterocycles. The van der Waals surface area contributed by atoms with Crippen LogP contribution in [0, 0.1) is 0 Å². The van der Waals surface area contributed by atoms with E-state index in [1.807, 2.05) is 12.1 Å². The molecule has 0 saturated heterocycles. The third-order valence-corrected chi connectivity index (χ3v) is 9.78. The lowest BCUT2D eigenvalue weighted by atomic mass is 9.76. The maximum Gasteiger partial charge on any atom is 0.500 e. The third-order valence-electron chi connectivity index (χ3n) is 6.26. The maximum absolute atomic E-state index is 10.5. The SMILES string of the molecule is COSCCCc1cc(C(C)(C)c2ccc(O)c(CCC[Si](OC)(OC)OC)c2)ccc1O. The molecule has 0 aliphatic rings. The van der Waals surface area contributed by atoms with Crippen molar-refractivity contribution in [3.8, 4) is 11.5 Å². The predicted octanol–water partition coefficient (Wildman–Crippen LogP) is 5.46. The zero-order valence-corrected chi connectivity index (χ0v) is 22.5. The summed E-state index contributed by atoms with van der Waals surface area (Å²) >= 11 is 1.43. The Bertz CT molecular complexity index is 877. The van der Waals surface area contributed by atoms with E-state index in [0.29, 0.717) is 18.2 Å². The molecule has 2 N–H and O–H groups in total. The highest BCUT2D eigenvalue weighted by Crippen LogP contribution is 2.36. The van der Waals surface area contributed by atoms with Crippen LogP contribution in [0.5, 0.6) is 11.5 Å². The monoisotopic (exact) mass is 494 g/mol. The number of rotatable bonds is 14. The van der Waals surface area contributed by atoms with Crippen molar-refractivity contribution < 1.29 is 27.7 Å². The molecule has 33 heavy (non-hydrogen) atoms. The standard InChI is InChI=1S/C25H38O6SSi/c1-25(2,21-11-13-23(26)19(17-21)9-7-15-32-28-3)22-12-14-24(27)20(18-22)10-8-16-33(29-4,30-5)31-6/h11-14,17-18,26-27H,7-10,15-16H2,1-6H3. The number of aromatic hydroxyl groups is 2. The molecule has 0 radical (unpaired) electrons. The van der Waals surface area contributed by atoms with Crippen molar-refractivity contribution in [2.75, 3.05) is 34.2 Å². The van der Waals surface area contributed by atoms with Gasteiger partial charge in [-0.2, -0.15) is 0 Å². The Balaban J connectivity index is 2.20. The van der Waals surface area contributed by atoms with Crippen LogP contribution in [0.1, 0.15) is 48.9 Å². The molecule has 6 nitrogen and oxygen atoms in total. The molecule has 2 aromatic rings. The lowest BCUT2D eigenvalue weighted by Gasteiger charge is -2.28. The van der Waals surface area contributed by atoms with Crippen LogP contribution in [0.25, 0.3) is 0 Å². The summed E-state index contributed by atoms with van der Waals surface area (Å²) in [6, 6.07) is 12.3. The first-order chi connectivity index (χ1) is 15.7. The molecule has 0 unspecified atom stereocenters. The summed E-state index contributed by atoms with van der Waals surface area (Å²) in [6.45, 7) is 4.33. The summed E-state index contributed by atoms with van der Waals surface area (Å²) in [5, 5.41) is 20.8. The van der Waals surface area contributed by atoms with Crippen molar-refractivity contribution in [1.29, 1.82) is 0 Å². The molecule has 184 valence electrons. The maximum atomic E-state index is 10.5. The van der Waals surface area contributed by atoms with Gasteiger partial charge in [-0.3, -0.25) is 0 Å². The summed E-state index contributed by atoms with van der Waals surface area (Å²) in [4.78, 5) is 0. The van der Waals surface area contributed by atoms with Gasteiger partial charge in [-0.25, -0.2) is 0 Å². The van der Waals surface area contributed by atoms with E-state index in [4.69, 9.17) is 17.5 Å². The quantitative estimate of drug-likeness (QED) is 0.205. The highest BCUT2D eigenvalue weighted by atomic mass is 32.2. The van der Waals surface area contributed by atoms with Gasteiger partial charge >= 0.3 is 8.80 Å². The van der Waals surface area contributed by atoms with Crippen molar-refractivity contribution in [2.24, 2.45) is 0 Å². The molecule has 0 bridgehead atoms. The smallest absolute Gasteiger partial charge is 0.500 e. The lowest BCUT2D eigenvalue weighted by molar-refractivity contribution is 0.123. The van der Waals surface area contributed by atoms with Gasteiger partial charge in [0.05, 0.1) is 7.11 Å². The molecule has 8 heteroatoms. The number of phenols is 2. The molecular formula is C25H38O6SSi. The molecule has 0 atom stereocenters. The minimum absolute atomic E-state index is 0.288. The summed E-state index contributed by atoms with van der Waals surface area (Å²) in [5.41, 5.74) is 3.76. The summed E-state index contributed by atoms with van der Waals surface area (Å²) in [6.07, 6.45) is 3.19. The predicted molar refractivity (Wildman–Crippen MR) is 136 cm³/mol. The van der Waals surface area contributed by atoms with Gasteiger partial charge in [-0.15, -0.1) is 0 Å². The second kappa shape index (κ2) is 12.8. The molecule has 2 aromatic carbocycles. The van der Waals surface area contributed by atoms with Crippen LogP contribution in [-0.4, -0.2) is 53.2 Å². The Morgan fingerprint density at radius 3 is 1.73 bits per heavy atom. The lowest BCUT2D eigenvalue weighted by Crippen LogP contribution is -2.42. The number of phenolic OH excluding ortho intramolecular Hbond substituents is 2. The summed E-state index contributed by atoms with van der Waals surface area (Å²) in [7, 11) is 3.87. The largest absolute Gasteiger partial charge is 0.508 e. The van der Waals surface area contributed by atoms with Gasteiger partial charge in [-0.1, -0.05) is 38.1 Å². The fourth-order valence-electron chi connectivity index (χ4n) is 3.97. The van der Waals surface area contributed by atoms with E-state index in [1.54, 1.807) is 40.6 Å². The van der Waals surface area contributed by atoms with Gasteiger partial charge in [0.15, 0.2) is 0 Å². The molecule has 0 fully saturated rings. The zero-order valence-electron chi connectivity index (χ0n) is 20.6. The first kappa shape index (κ1) is 27.7. The minimum atomic E-state index is -2.63. The Morgan fingerprint density at radius 2 is 1.27 bits per heavy atom. The van der Waals surface area contributed by atoms with E-state index in [0.717, 1.165) is 47.3 Å². The second-order valence-corrected chi connectivity index (χ2v) is 12.6. The van der Waals surface area contributed by atoms with E-state index >= 15 is 0 Å². The fourth-order valence-corrected chi connectivity index (χ4v) is 6.12. The van der Waals surface area contributed by atoms with Crippen LogP contribution in [0.15, 0.2) is 36.4 Å². The highest BCUT2D eigenvalue weighted by molar-refractivity contribution is 7.94. The zero-order chi connectivity index (χ0) is 24.5. The van der Waals surface area contributed by atoms with Crippen molar-refractivity contribution in [3.63, 3.8) is 0 Å². The Hall–Kier alpha value is -1.55. The Labute approximate surface area is 203 Å². The molecule has 2 rings (SSSR count). The second-order valence-electron chi connectivity index (χ2n) is 8.55. The summed E-state index contributed by atoms with van der Waals surface area (Å²) in [5.74, 6) is 1.49. The van der Waals surface area contributed by atoms with Crippen LogP contribution in [0.2, 0.25) is 6.04 Å². The number of hydrogen-bond donors (Lipinski definition) is 2. The van der Waals surface area contributed by atoms with Crippen LogP contribution in [-0.2, 0) is 35.7 Å². The van der Waals surface area contributed by atoms with Crippen LogP contribution < -0.4 is 0 Å². The van der Waals surface area contributed by atoms with E-state index in [-0.39, 0.29) is 11.2 Å². The molecule has 0 saturated carbocycles. The van der Waals surface area contributed by atoms with Crippen molar-refractivity contribution in [2.45, 2.75) is 51.0 Å². The molecule has 0 spiro atoms. The van der Waals surface area contributed by atoms with Crippen molar-refractivity contribution in [1.82, 2.24) is 0 Å². The molecule has 0 aromatic heterocycles. The fraction of sp³-hybridized carbons (Fsp3) is 0.520. The van der Waals surface area contributed by atoms with Crippen molar-refractivity contribution in [3.05, 3.63) is 58.7 Å². The Morgan fingerprint density at radius 1 is 0.788 bits per heavy atom. The average molecular weight is 495 g/mol. The topological polar surface area (TPSA) is 77.4 Å². The number of hydrogen-bond acceptors (Lipinski definition) is 7. The van der Waals surface area contributed by atoms with E-state index in [2.05, 4.69) is 26.0 Å². The molecule has 0 aliphatic carbocycles. The average Bonchev–Trinajstić information content (AvgIpc) is 2.82. The van der Waals surface area contributed by atoms with Crippen LogP contribution in [0.4, 0.5) is 0 Å². The van der Waals surface area contributed by atoms with E-state index in [9.17, 15) is 10.2 Å². The number of aryl methyl sites for hydroxylation is 2. The molecule has 0 aliphatic heterocycles.